The van der Waals surface area contributed by atoms with E-state index < -0.39 is 5.91 Å². The fraction of sp³-hybridized carbons (Fsp3) is 0. The van der Waals surface area contributed by atoms with Gasteiger partial charge in [-0.05, 0) is 59.8 Å². The second kappa shape index (κ2) is 6.28. The number of imide groups is 1. The summed E-state index contributed by atoms with van der Waals surface area (Å²) in [5.41, 5.74) is 1.08. The van der Waals surface area contributed by atoms with Crippen LogP contribution in [0.25, 0.3) is 6.08 Å². The molecule has 1 aliphatic rings. The summed E-state index contributed by atoms with van der Waals surface area (Å²) in [5, 5.41) is 9.73. The highest BCUT2D eigenvalue weighted by molar-refractivity contribution is 8.19. The van der Waals surface area contributed by atoms with Gasteiger partial charge in [0.1, 0.15) is 5.75 Å². The number of rotatable bonds is 2. The van der Waals surface area contributed by atoms with Gasteiger partial charge in [-0.3, -0.25) is 9.59 Å². The third-order valence-corrected chi connectivity index (χ3v) is 4.57. The average molecular weight is 366 g/mol. The Labute approximate surface area is 146 Å². The molecule has 0 aliphatic carbocycles. The summed E-state index contributed by atoms with van der Waals surface area (Å²) in [5.74, 6) is -0.454. The second-order valence-electron chi connectivity index (χ2n) is 4.70. The fourth-order valence-electron chi connectivity index (χ4n) is 2.04. The number of hydrogen-bond donors (Lipinski definition) is 1. The first-order valence-corrected chi connectivity index (χ1v) is 8.05. The summed E-state index contributed by atoms with van der Waals surface area (Å²) in [4.78, 5) is 26.0. The molecule has 0 unspecified atom stereocenters. The van der Waals surface area contributed by atoms with Gasteiger partial charge in [0.2, 0.25) is 0 Å². The zero-order valence-corrected chi connectivity index (χ0v) is 13.8. The van der Waals surface area contributed by atoms with Gasteiger partial charge in [0.15, 0.2) is 0 Å². The maximum absolute atomic E-state index is 12.5. The van der Waals surface area contributed by atoms with Gasteiger partial charge in [-0.25, -0.2) is 4.90 Å². The van der Waals surface area contributed by atoms with Crippen LogP contribution in [0.4, 0.5) is 10.5 Å². The largest absolute Gasteiger partial charge is 0.506 e. The lowest BCUT2D eigenvalue weighted by atomic mass is 10.2. The van der Waals surface area contributed by atoms with Gasteiger partial charge in [-0.2, -0.15) is 0 Å². The number of carbonyl (C=O) groups is 2. The number of thioether (sulfide) groups is 1. The Kier molecular flexibility index (Phi) is 4.35. The molecule has 0 radical (unpaired) electrons. The van der Waals surface area contributed by atoms with Gasteiger partial charge in [0.05, 0.1) is 15.6 Å². The summed E-state index contributed by atoms with van der Waals surface area (Å²) in [6.07, 6.45) is 1.56. The normalized spacial score (nSPS) is 16.4. The fourth-order valence-corrected chi connectivity index (χ4v) is 3.20. The zero-order valence-electron chi connectivity index (χ0n) is 11.5. The molecule has 116 valence electrons. The van der Waals surface area contributed by atoms with Crippen LogP contribution in [-0.2, 0) is 4.79 Å². The Morgan fingerprint density at radius 2 is 1.74 bits per heavy atom. The van der Waals surface area contributed by atoms with E-state index in [0.29, 0.717) is 16.3 Å². The molecule has 0 aromatic heterocycles. The van der Waals surface area contributed by atoms with E-state index in [9.17, 15) is 14.7 Å². The number of amides is 2. The maximum Gasteiger partial charge on any atom is 0.298 e. The van der Waals surface area contributed by atoms with Crippen molar-refractivity contribution in [2.45, 2.75) is 0 Å². The number of aromatic hydroxyl groups is 1. The molecule has 1 N–H and O–H groups in total. The van der Waals surface area contributed by atoms with Crippen LogP contribution in [0.3, 0.4) is 0 Å². The Bertz CT molecular complexity index is 834. The smallest absolute Gasteiger partial charge is 0.298 e. The van der Waals surface area contributed by atoms with Gasteiger partial charge in [0, 0.05) is 5.02 Å². The number of carbonyl (C=O) groups excluding carboxylic acids is 2. The van der Waals surface area contributed by atoms with Crippen LogP contribution in [0.5, 0.6) is 5.75 Å². The lowest BCUT2D eigenvalue weighted by molar-refractivity contribution is -0.113. The van der Waals surface area contributed by atoms with Crippen LogP contribution < -0.4 is 4.90 Å². The highest BCUT2D eigenvalue weighted by Crippen LogP contribution is 2.36. The van der Waals surface area contributed by atoms with Crippen molar-refractivity contribution >= 4 is 57.9 Å². The minimum atomic E-state index is -0.411. The molecule has 1 heterocycles. The van der Waals surface area contributed by atoms with Crippen LogP contribution in [0.15, 0.2) is 47.4 Å². The highest BCUT2D eigenvalue weighted by atomic mass is 35.5. The van der Waals surface area contributed by atoms with Crippen LogP contribution in [0, 0.1) is 0 Å². The predicted octanol–water partition coefficient (Wildman–Crippen LogP) is 4.94. The lowest BCUT2D eigenvalue weighted by Gasteiger charge is -2.12. The Balaban J connectivity index is 1.92. The topological polar surface area (TPSA) is 57.6 Å². The number of halogens is 2. The van der Waals surface area contributed by atoms with Crippen LogP contribution >= 0.6 is 35.0 Å². The highest BCUT2D eigenvalue weighted by Gasteiger charge is 2.36. The van der Waals surface area contributed by atoms with Crippen molar-refractivity contribution in [3.05, 3.63) is 63.0 Å². The quantitative estimate of drug-likeness (QED) is 0.765. The van der Waals surface area contributed by atoms with Gasteiger partial charge in [0.25, 0.3) is 11.1 Å². The molecule has 4 nitrogen and oxygen atoms in total. The molecule has 0 spiro atoms. The molecule has 1 fully saturated rings. The number of anilines is 1. The van der Waals surface area contributed by atoms with Gasteiger partial charge >= 0.3 is 0 Å². The number of phenols is 1. The number of benzene rings is 2. The summed E-state index contributed by atoms with van der Waals surface area (Å²) >= 11 is 12.5. The van der Waals surface area contributed by atoms with E-state index in [1.807, 2.05) is 0 Å². The average Bonchev–Trinajstić information content (AvgIpc) is 2.79. The third kappa shape index (κ3) is 3.22. The van der Waals surface area contributed by atoms with Crippen molar-refractivity contribution in [2.24, 2.45) is 0 Å². The van der Waals surface area contributed by atoms with E-state index in [1.54, 1.807) is 36.4 Å². The SMILES string of the molecule is O=C1S/C(=C/c2ccc(O)c(Cl)c2)C(=O)N1c1ccc(Cl)cc1. The van der Waals surface area contributed by atoms with E-state index >= 15 is 0 Å². The summed E-state index contributed by atoms with van der Waals surface area (Å²) < 4.78 is 0. The predicted molar refractivity (Wildman–Crippen MR) is 93.0 cm³/mol. The van der Waals surface area contributed by atoms with Crippen LogP contribution in [-0.4, -0.2) is 16.3 Å². The Morgan fingerprint density at radius 1 is 1.04 bits per heavy atom. The van der Waals surface area contributed by atoms with Gasteiger partial charge in [-0.15, -0.1) is 0 Å². The molecule has 23 heavy (non-hydrogen) atoms. The first-order chi connectivity index (χ1) is 11.0. The molecule has 2 aromatic carbocycles. The van der Waals surface area contributed by atoms with E-state index in [0.717, 1.165) is 16.7 Å². The molecular formula is C16H9Cl2NO3S. The lowest BCUT2D eigenvalue weighted by Crippen LogP contribution is -2.27. The first kappa shape index (κ1) is 15.9. The van der Waals surface area contributed by atoms with Gasteiger partial charge in [-0.1, -0.05) is 29.3 Å². The monoisotopic (exact) mass is 365 g/mol. The summed E-state index contributed by atoms with van der Waals surface area (Å²) in [6.45, 7) is 0. The van der Waals surface area contributed by atoms with E-state index in [1.165, 1.54) is 12.1 Å². The molecule has 2 amide bonds. The van der Waals surface area contributed by atoms with E-state index in [-0.39, 0.29) is 20.9 Å². The maximum atomic E-state index is 12.5. The first-order valence-electron chi connectivity index (χ1n) is 6.48. The Hall–Kier alpha value is -1.95. The third-order valence-electron chi connectivity index (χ3n) is 3.15. The van der Waals surface area contributed by atoms with Crippen molar-refractivity contribution in [3.8, 4) is 5.75 Å². The van der Waals surface area contributed by atoms with Crippen LogP contribution in [0.1, 0.15) is 5.56 Å². The minimum absolute atomic E-state index is 0.0434. The van der Waals surface area contributed by atoms with Crippen molar-refractivity contribution < 1.29 is 14.7 Å². The molecule has 0 atom stereocenters. The van der Waals surface area contributed by atoms with Crippen molar-refractivity contribution in [2.75, 3.05) is 4.90 Å². The molecule has 7 heteroatoms. The molecule has 0 bridgehead atoms. The van der Waals surface area contributed by atoms with E-state index in [4.69, 9.17) is 23.2 Å². The molecule has 1 aliphatic heterocycles. The Morgan fingerprint density at radius 3 is 2.39 bits per heavy atom. The van der Waals surface area contributed by atoms with Crippen molar-refractivity contribution in [1.29, 1.82) is 0 Å². The molecule has 2 aromatic rings. The van der Waals surface area contributed by atoms with E-state index in [2.05, 4.69) is 0 Å². The van der Waals surface area contributed by atoms with Crippen molar-refractivity contribution in [3.63, 3.8) is 0 Å². The number of hydrogen-bond acceptors (Lipinski definition) is 4. The minimum Gasteiger partial charge on any atom is -0.506 e. The summed E-state index contributed by atoms with van der Waals surface area (Å²) in [7, 11) is 0. The second-order valence-corrected chi connectivity index (χ2v) is 6.54. The van der Waals surface area contributed by atoms with Gasteiger partial charge < -0.3 is 5.11 Å². The summed E-state index contributed by atoms with van der Waals surface area (Å²) in [6, 6.07) is 11.0. The molecule has 0 saturated carbocycles. The molecule has 1 saturated heterocycles. The standard InChI is InChI=1S/C16H9Cl2NO3S/c17-10-2-4-11(5-3-10)19-15(21)14(23-16(19)22)8-9-1-6-13(20)12(18)7-9/h1-8,20H/b14-8+. The molecular weight excluding hydrogens is 357 g/mol. The van der Waals surface area contributed by atoms with Crippen molar-refractivity contribution in [1.82, 2.24) is 0 Å². The zero-order chi connectivity index (χ0) is 16.6. The van der Waals surface area contributed by atoms with Crippen LogP contribution in [0.2, 0.25) is 10.0 Å². The number of nitrogens with zero attached hydrogens (tertiary/aromatic N) is 1. The molecule has 3 rings (SSSR count). The number of phenolic OH excluding ortho intramolecular Hbond substituents is 1.